The summed E-state index contributed by atoms with van der Waals surface area (Å²) in [5.41, 5.74) is 3.70. The molecule has 5 nitrogen and oxygen atoms in total. The Hall–Kier alpha value is -2.34. The minimum absolute atomic E-state index is 0.274. The van der Waals surface area contributed by atoms with Crippen LogP contribution in [0, 0.1) is 5.92 Å². The number of carbonyl (C=O) groups is 1. The number of benzene rings is 2. The summed E-state index contributed by atoms with van der Waals surface area (Å²) in [6.07, 6.45) is 4.78. The van der Waals surface area contributed by atoms with E-state index in [2.05, 4.69) is 23.1 Å². The smallest absolute Gasteiger partial charge is 0.223 e. The Kier molecular flexibility index (Phi) is 5.63. The molecule has 1 fully saturated rings. The molecule has 4 rings (SSSR count). The van der Waals surface area contributed by atoms with Gasteiger partial charge < -0.3 is 9.80 Å². The predicted octanol–water partition coefficient (Wildman–Crippen LogP) is 3.28. The number of hydrogen-bond acceptors (Lipinski definition) is 4. The van der Waals surface area contributed by atoms with E-state index >= 15 is 0 Å². The molecule has 0 aromatic heterocycles. The lowest BCUT2D eigenvalue weighted by Gasteiger charge is -2.35. The molecule has 6 heteroatoms. The number of carbonyl (C=O) groups excluding carboxylic acids is 1. The first-order valence-electron chi connectivity index (χ1n) is 10.3. The SMILES string of the molecule is CS(=O)(=O)c1ccc(N2CCC(CC(=O)N3CCc4ccccc4C3)CC2)cc1. The van der Waals surface area contributed by atoms with E-state index in [1.54, 1.807) is 12.1 Å². The van der Waals surface area contributed by atoms with Crippen LogP contribution in [0.5, 0.6) is 0 Å². The van der Waals surface area contributed by atoms with Gasteiger partial charge in [-0.3, -0.25) is 4.79 Å². The third-order valence-electron chi connectivity index (χ3n) is 6.19. The van der Waals surface area contributed by atoms with Gasteiger partial charge in [0.15, 0.2) is 9.84 Å². The molecule has 2 aromatic carbocycles. The van der Waals surface area contributed by atoms with Gasteiger partial charge in [-0.1, -0.05) is 24.3 Å². The number of rotatable bonds is 4. The van der Waals surface area contributed by atoms with Crippen molar-refractivity contribution in [1.29, 1.82) is 0 Å². The van der Waals surface area contributed by atoms with Crippen LogP contribution in [0.1, 0.15) is 30.4 Å². The van der Waals surface area contributed by atoms with Crippen molar-refractivity contribution in [3.05, 3.63) is 59.7 Å². The first-order chi connectivity index (χ1) is 13.9. The van der Waals surface area contributed by atoms with E-state index in [0.717, 1.165) is 51.1 Å². The summed E-state index contributed by atoms with van der Waals surface area (Å²) in [5.74, 6) is 0.696. The van der Waals surface area contributed by atoms with Crippen LogP contribution in [-0.4, -0.2) is 45.1 Å². The fourth-order valence-electron chi connectivity index (χ4n) is 4.38. The van der Waals surface area contributed by atoms with E-state index in [9.17, 15) is 13.2 Å². The highest BCUT2D eigenvalue weighted by Gasteiger charge is 2.26. The molecule has 0 saturated carbocycles. The molecule has 0 bridgehead atoms. The van der Waals surface area contributed by atoms with Crippen LogP contribution < -0.4 is 4.90 Å². The normalized spacial score (nSPS) is 17.8. The number of piperidine rings is 1. The quantitative estimate of drug-likeness (QED) is 0.773. The van der Waals surface area contributed by atoms with Crippen molar-refractivity contribution < 1.29 is 13.2 Å². The Bertz CT molecular complexity index is 977. The van der Waals surface area contributed by atoms with Crippen molar-refractivity contribution in [1.82, 2.24) is 4.90 Å². The lowest BCUT2D eigenvalue weighted by Crippen LogP contribution is -2.39. The second kappa shape index (κ2) is 8.19. The number of sulfone groups is 1. The number of amides is 1. The van der Waals surface area contributed by atoms with Gasteiger partial charge in [-0.15, -0.1) is 0 Å². The van der Waals surface area contributed by atoms with Gasteiger partial charge in [0.2, 0.25) is 5.91 Å². The van der Waals surface area contributed by atoms with Gasteiger partial charge in [0.25, 0.3) is 0 Å². The fourth-order valence-corrected chi connectivity index (χ4v) is 5.01. The molecule has 0 unspecified atom stereocenters. The highest BCUT2D eigenvalue weighted by Crippen LogP contribution is 2.27. The average Bonchev–Trinajstić information content (AvgIpc) is 2.73. The molecule has 0 N–H and O–H groups in total. The van der Waals surface area contributed by atoms with Gasteiger partial charge >= 0.3 is 0 Å². The van der Waals surface area contributed by atoms with Crippen LogP contribution in [0.3, 0.4) is 0 Å². The van der Waals surface area contributed by atoms with Gasteiger partial charge in [-0.05, 0) is 60.6 Å². The Morgan fingerprint density at radius 1 is 0.966 bits per heavy atom. The second-order valence-corrected chi connectivity index (χ2v) is 10.3. The predicted molar refractivity (Wildman–Crippen MR) is 115 cm³/mol. The molecule has 2 aliphatic rings. The molecule has 1 saturated heterocycles. The molecular formula is C23H28N2O3S. The summed E-state index contributed by atoms with van der Waals surface area (Å²) in [5, 5.41) is 0. The average molecular weight is 413 g/mol. The third-order valence-corrected chi connectivity index (χ3v) is 7.32. The highest BCUT2D eigenvalue weighted by molar-refractivity contribution is 7.90. The fraction of sp³-hybridized carbons (Fsp3) is 0.435. The summed E-state index contributed by atoms with van der Waals surface area (Å²) in [6.45, 7) is 3.36. The lowest BCUT2D eigenvalue weighted by molar-refractivity contribution is -0.133. The second-order valence-electron chi connectivity index (χ2n) is 8.23. The molecule has 2 aliphatic heterocycles. The summed E-state index contributed by atoms with van der Waals surface area (Å²) in [4.78, 5) is 17.5. The van der Waals surface area contributed by atoms with E-state index in [4.69, 9.17) is 0 Å². The molecule has 0 radical (unpaired) electrons. The van der Waals surface area contributed by atoms with E-state index in [1.807, 2.05) is 23.1 Å². The van der Waals surface area contributed by atoms with Crippen molar-refractivity contribution in [2.45, 2.75) is 37.1 Å². The van der Waals surface area contributed by atoms with E-state index in [1.165, 1.54) is 17.4 Å². The van der Waals surface area contributed by atoms with Crippen molar-refractivity contribution in [3.63, 3.8) is 0 Å². The molecule has 0 atom stereocenters. The first kappa shape index (κ1) is 20.0. The van der Waals surface area contributed by atoms with Crippen molar-refractivity contribution in [2.24, 2.45) is 5.92 Å². The van der Waals surface area contributed by atoms with Gasteiger partial charge in [0.05, 0.1) is 4.90 Å². The maximum atomic E-state index is 12.8. The number of fused-ring (bicyclic) bond motifs is 1. The zero-order chi connectivity index (χ0) is 20.4. The lowest BCUT2D eigenvalue weighted by atomic mass is 9.92. The van der Waals surface area contributed by atoms with Crippen LogP contribution in [0.15, 0.2) is 53.4 Å². The molecule has 2 aromatic rings. The number of nitrogens with zero attached hydrogens (tertiary/aromatic N) is 2. The Balaban J connectivity index is 1.29. The maximum absolute atomic E-state index is 12.8. The highest BCUT2D eigenvalue weighted by atomic mass is 32.2. The molecule has 1 amide bonds. The molecule has 29 heavy (non-hydrogen) atoms. The van der Waals surface area contributed by atoms with Crippen LogP contribution in [0.2, 0.25) is 0 Å². The van der Waals surface area contributed by atoms with Crippen LogP contribution in [0.25, 0.3) is 0 Å². The maximum Gasteiger partial charge on any atom is 0.223 e. The van der Waals surface area contributed by atoms with E-state index < -0.39 is 9.84 Å². The summed E-state index contributed by atoms with van der Waals surface area (Å²) < 4.78 is 23.2. The Morgan fingerprint density at radius 2 is 1.62 bits per heavy atom. The molecule has 0 aliphatic carbocycles. The van der Waals surface area contributed by atoms with Crippen LogP contribution in [0.4, 0.5) is 5.69 Å². The van der Waals surface area contributed by atoms with Crippen LogP contribution in [-0.2, 0) is 27.6 Å². The standard InChI is InChI=1S/C23H28N2O3S/c1-29(27,28)22-8-6-21(7-9-22)24-13-10-18(11-14-24)16-23(26)25-15-12-19-4-2-3-5-20(19)17-25/h2-9,18H,10-17H2,1H3. The minimum Gasteiger partial charge on any atom is -0.372 e. The largest absolute Gasteiger partial charge is 0.372 e. The molecule has 0 spiro atoms. The third kappa shape index (κ3) is 4.64. The minimum atomic E-state index is -3.16. The van der Waals surface area contributed by atoms with Crippen LogP contribution >= 0.6 is 0 Å². The number of anilines is 1. The zero-order valence-electron chi connectivity index (χ0n) is 16.9. The van der Waals surface area contributed by atoms with Crippen molar-refractivity contribution in [2.75, 3.05) is 30.8 Å². The summed E-state index contributed by atoms with van der Waals surface area (Å²) in [6, 6.07) is 15.5. The molecule has 2 heterocycles. The molecular weight excluding hydrogens is 384 g/mol. The van der Waals surface area contributed by atoms with Crippen molar-refractivity contribution in [3.8, 4) is 0 Å². The number of hydrogen-bond donors (Lipinski definition) is 0. The Morgan fingerprint density at radius 3 is 2.28 bits per heavy atom. The summed E-state index contributed by atoms with van der Waals surface area (Å²) in [7, 11) is -3.16. The summed E-state index contributed by atoms with van der Waals surface area (Å²) >= 11 is 0. The van der Waals surface area contributed by atoms with E-state index in [0.29, 0.717) is 17.2 Å². The monoisotopic (exact) mass is 412 g/mol. The van der Waals surface area contributed by atoms with E-state index in [-0.39, 0.29) is 5.91 Å². The van der Waals surface area contributed by atoms with Crippen molar-refractivity contribution >= 4 is 21.4 Å². The van der Waals surface area contributed by atoms with Gasteiger partial charge in [0, 0.05) is 44.5 Å². The first-order valence-corrected chi connectivity index (χ1v) is 12.2. The topological polar surface area (TPSA) is 57.7 Å². The van der Waals surface area contributed by atoms with Gasteiger partial charge in [0.1, 0.15) is 0 Å². The Labute approximate surface area is 173 Å². The zero-order valence-corrected chi connectivity index (χ0v) is 17.7. The molecule has 154 valence electrons. The van der Waals surface area contributed by atoms with Gasteiger partial charge in [-0.25, -0.2) is 8.42 Å². The van der Waals surface area contributed by atoms with Gasteiger partial charge in [-0.2, -0.15) is 0 Å².